The number of ether oxygens (including phenoxy) is 2. The zero-order valence-corrected chi connectivity index (χ0v) is 19.6. The van der Waals surface area contributed by atoms with Gasteiger partial charge in [-0.05, 0) is 53.6 Å². The minimum atomic E-state index is -1.25. The van der Waals surface area contributed by atoms with Gasteiger partial charge in [-0.15, -0.1) is 0 Å². The monoisotopic (exact) mass is 477 g/mol. The van der Waals surface area contributed by atoms with Crippen LogP contribution in [-0.4, -0.2) is 22.2 Å². The lowest BCUT2D eigenvalue weighted by Gasteiger charge is -2.21. The predicted molar refractivity (Wildman–Crippen MR) is 130 cm³/mol. The molecule has 4 aromatic rings. The molecule has 0 saturated carbocycles. The van der Waals surface area contributed by atoms with Crippen molar-refractivity contribution in [1.29, 1.82) is 0 Å². The summed E-state index contributed by atoms with van der Waals surface area (Å²) in [5, 5.41) is 9.85. The summed E-state index contributed by atoms with van der Waals surface area (Å²) in [4.78, 5) is 16.1. The Labute approximate surface area is 202 Å². The minimum absolute atomic E-state index is 0.00684. The first-order valence-corrected chi connectivity index (χ1v) is 11.2. The Balaban J connectivity index is 1.93. The molecule has 0 aliphatic heterocycles. The summed E-state index contributed by atoms with van der Waals surface area (Å²) in [7, 11) is 0. The van der Waals surface area contributed by atoms with Crippen molar-refractivity contribution < 1.29 is 28.2 Å². The minimum Gasteiger partial charge on any atom is -0.486 e. The third-order valence-electron chi connectivity index (χ3n) is 5.62. The third-order valence-corrected chi connectivity index (χ3v) is 5.62. The largest absolute Gasteiger partial charge is 0.486 e. The van der Waals surface area contributed by atoms with Gasteiger partial charge in [-0.1, -0.05) is 56.3 Å². The Bertz CT molecular complexity index is 1360. The van der Waals surface area contributed by atoms with Crippen molar-refractivity contribution in [3.63, 3.8) is 0 Å². The fourth-order valence-corrected chi connectivity index (χ4v) is 3.82. The summed E-state index contributed by atoms with van der Waals surface area (Å²) >= 11 is 0. The Morgan fingerprint density at radius 3 is 2.29 bits per heavy atom. The molecule has 180 valence electrons. The summed E-state index contributed by atoms with van der Waals surface area (Å²) < 4.78 is 40.9. The molecule has 7 heteroatoms. The van der Waals surface area contributed by atoms with Crippen LogP contribution in [-0.2, 0) is 11.4 Å². The van der Waals surface area contributed by atoms with E-state index >= 15 is 4.39 Å². The van der Waals surface area contributed by atoms with Crippen molar-refractivity contribution in [2.45, 2.75) is 39.4 Å². The summed E-state index contributed by atoms with van der Waals surface area (Å²) in [5.41, 5.74) is 2.72. The van der Waals surface area contributed by atoms with E-state index < -0.39 is 23.7 Å². The van der Waals surface area contributed by atoms with Crippen molar-refractivity contribution >= 4 is 16.7 Å². The van der Waals surface area contributed by atoms with E-state index in [0.29, 0.717) is 22.2 Å². The Morgan fingerprint density at radius 1 is 0.971 bits per heavy atom. The molecule has 0 spiro atoms. The van der Waals surface area contributed by atoms with Gasteiger partial charge < -0.3 is 14.6 Å². The lowest BCUT2D eigenvalue weighted by atomic mass is 9.92. The molecule has 0 aliphatic carbocycles. The molecule has 3 aromatic carbocycles. The number of rotatable bonds is 8. The average Bonchev–Trinajstić information content (AvgIpc) is 2.84. The Kier molecular flexibility index (Phi) is 6.96. The molecule has 0 unspecified atom stereocenters. The van der Waals surface area contributed by atoms with E-state index in [4.69, 9.17) is 9.47 Å². The van der Waals surface area contributed by atoms with Gasteiger partial charge in [-0.25, -0.2) is 18.6 Å². The third kappa shape index (κ3) is 5.09. The molecule has 1 N–H and O–H groups in total. The highest BCUT2D eigenvalue weighted by Gasteiger charge is 2.25. The van der Waals surface area contributed by atoms with E-state index in [-0.39, 0.29) is 29.5 Å². The van der Waals surface area contributed by atoms with Gasteiger partial charge in [0.05, 0.1) is 11.1 Å². The van der Waals surface area contributed by atoms with Crippen LogP contribution >= 0.6 is 0 Å². The van der Waals surface area contributed by atoms with Crippen LogP contribution in [0, 0.1) is 11.6 Å². The van der Waals surface area contributed by atoms with Crippen molar-refractivity contribution in [2.75, 3.05) is 0 Å². The number of aliphatic carboxylic acids is 1. The zero-order chi connectivity index (χ0) is 25.1. The molecule has 0 amide bonds. The molecule has 1 aromatic heterocycles. The number of nitrogens with zero attached hydrogens (tertiary/aromatic N) is 1. The molecule has 0 fully saturated rings. The number of carboxylic acid groups (broad SMARTS) is 1. The first kappa shape index (κ1) is 24.1. The van der Waals surface area contributed by atoms with E-state index in [1.54, 1.807) is 18.2 Å². The van der Waals surface area contributed by atoms with Gasteiger partial charge >= 0.3 is 5.97 Å². The molecule has 0 aliphatic rings. The Morgan fingerprint density at radius 2 is 1.66 bits per heavy atom. The van der Waals surface area contributed by atoms with Gasteiger partial charge in [0.1, 0.15) is 12.4 Å². The molecule has 0 bridgehead atoms. The second-order valence-electron chi connectivity index (χ2n) is 8.51. The van der Waals surface area contributed by atoms with E-state index in [1.165, 1.54) is 25.1 Å². The highest BCUT2D eigenvalue weighted by Crippen LogP contribution is 2.42. The highest BCUT2D eigenvalue weighted by molar-refractivity contribution is 6.01. The maximum atomic E-state index is 15.9. The van der Waals surface area contributed by atoms with Crippen molar-refractivity contribution in [2.24, 2.45) is 0 Å². The van der Waals surface area contributed by atoms with Crippen LogP contribution in [0.1, 0.15) is 37.9 Å². The van der Waals surface area contributed by atoms with Gasteiger partial charge in [-0.3, -0.25) is 0 Å². The smallest absolute Gasteiger partial charge is 0.344 e. The van der Waals surface area contributed by atoms with E-state index in [2.05, 4.69) is 4.98 Å². The van der Waals surface area contributed by atoms with E-state index in [0.717, 1.165) is 5.56 Å². The van der Waals surface area contributed by atoms with Crippen molar-refractivity contribution in [1.82, 2.24) is 4.98 Å². The number of halogens is 2. The van der Waals surface area contributed by atoms with Crippen LogP contribution < -0.4 is 9.47 Å². The predicted octanol–water partition coefficient (Wildman–Crippen LogP) is 6.73. The van der Waals surface area contributed by atoms with Gasteiger partial charge in [0, 0.05) is 5.56 Å². The number of pyridine rings is 1. The molecular weight excluding hydrogens is 452 g/mol. The second-order valence-corrected chi connectivity index (χ2v) is 8.51. The quantitative estimate of drug-likeness (QED) is 0.305. The molecular formula is C28H25F2NO4. The Hall–Kier alpha value is -4.00. The first-order chi connectivity index (χ1) is 16.8. The fraction of sp³-hybridized carbons (Fsp3) is 0.214. The average molecular weight is 478 g/mol. The van der Waals surface area contributed by atoms with Crippen LogP contribution in [0.2, 0.25) is 0 Å². The first-order valence-electron chi connectivity index (χ1n) is 11.2. The van der Waals surface area contributed by atoms with Gasteiger partial charge in [0.25, 0.3) is 0 Å². The molecule has 1 atom stereocenters. The summed E-state index contributed by atoms with van der Waals surface area (Å²) in [6.45, 7) is 5.33. The molecule has 0 saturated heterocycles. The van der Waals surface area contributed by atoms with Crippen LogP contribution in [0.4, 0.5) is 8.78 Å². The maximum Gasteiger partial charge on any atom is 0.344 e. The van der Waals surface area contributed by atoms with Crippen LogP contribution in [0.15, 0.2) is 66.7 Å². The van der Waals surface area contributed by atoms with Crippen LogP contribution in [0.5, 0.6) is 11.6 Å². The van der Waals surface area contributed by atoms with Gasteiger partial charge in [-0.2, -0.15) is 0 Å². The summed E-state index contributed by atoms with van der Waals surface area (Å²) in [5.74, 6) is -2.57. The van der Waals surface area contributed by atoms with Gasteiger partial charge in [0.15, 0.2) is 17.7 Å². The number of benzene rings is 3. The zero-order valence-electron chi connectivity index (χ0n) is 19.6. The summed E-state index contributed by atoms with van der Waals surface area (Å²) in [6.07, 6.45) is -1.25. The number of carboxylic acids is 1. The van der Waals surface area contributed by atoms with Crippen molar-refractivity contribution in [3.05, 3.63) is 89.6 Å². The van der Waals surface area contributed by atoms with Crippen LogP contribution in [0.3, 0.4) is 0 Å². The van der Waals surface area contributed by atoms with Gasteiger partial charge in [0.2, 0.25) is 5.88 Å². The standard InChI is InChI=1S/C28H25F2NO4/c1-16(2)26-23(19-9-11-20(29)12-10-19)21-13-14-22(34-15-18-7-5-4-6-8-18)25(30)24(21)27(31-26)35-17(3)28(32)33/h4-14,16-17H,15H2,1-3H3,(H,32,33)/t17-/m0/s1. The SMILES string of the molecule is CC(C)c1nc(O[C@@H](C)C(=O)O)c2c(F)c(OCc3ccccc3)ccc2c1-c1ccc(F)cc1. The lowest BCUT2D eigenvalue weighted by Crippen LogP contribution is -2.24. The lowest BCUT2D eigenvalue weighted by molar-refractivity contribution is -0.144. The van der Waals surface area contributed by atoms with Crippen LogP contribution in [0.25, 0.3) is 21.9 Å². The maximum absolute atomic E-state index is 15.9. The number of hydrogen-bond donors (Lipinski definition) is 1. The van der Waals surface area contributed by atoms with E-state index in [1.807, 2.05) is 44.2 Å². The van der Waals surface area contributed by atoms with Crippen molar-refractivity contribution in [3.8, 4) is 22.8 Å². The topological polar surface area (TPSA) is 68.7 Å². The molecule has 0 radical (unpaired) electrons. The number of fused-ring (bicyclic) bond motifs is 1. The second kappa shape index (κ2) is 10.1. The van der Waals surface area contributed by atoms with E-state index in [9.17, 15) is 14.3 Å². The highest BCUT2D eigenvalue weighted by atomic mass is 19.1. The molecule has 4 rings (SSSR count). The fourth-order valence-electron chi connectivity index (χ4n) is 3.82. The molecule has 1 heterocycles. The molecule has 35 heavy (non-hydrogen) atoms. The number of hydrogen-bond acceptors (Lipinski definition) is 4. The normalized spacial score (nSPS) is 12.1. The number of carbonyl (C=O) groups is 1. The molecule has 5 nitrogen and oxygen atoms in total. The summed E-state index contributed by atoms with van der Waals surface area (Å²) in [6, 6.07) is 18.4. The number of aromatic nitrogens is 1.